The maximum Gasteiger partial charge on any atom is 0.294 e. The Bertz CT molecular complexity index is 559. The maximum absolute atomic E-state index is 10.6. The molecule has 0 aliphatic carbocycles. The van der Waals surface area contributed by atoms with E-state index in [0.29, 0.717) is 5.56 Å². The molecule has 0 aliphatic rings. The summed E-state index contributed by atoms with van der Waals surface area (Å²) in [5.74, 6) is -0.201. The Morgan fingerprint density at radius 3 is 1.71 bits per heavy atom. The zero-order chi connectivity index (χ0) is 13.7. The molecular weight excluding hydrogens is 268 g/mol. The Hall–Kier alpha value is -0.960. The minimum Gasteiger partial charge on any atom is -0.286 e. The fourth-order valence-electron chi connectivity index (χ4n) is 0.846. The van der Waals surface area contributed by atoms with Crippen molar-refractivity contribution in [2.24, 2.45) is 0 Å². The molecule has 0 amide bonds. The first-order chi connectivity index (χ1) is 7.58. The molecule has 1 aromatic carbocycles. The van der Waals surface area contributed by atoms with E-state index >= 15 is 0 Å². The SMILES string of the molecule is CCS(=O)(=O)O.Cc1ccccc1S(=O)(=O)O. The van der Waals surface area contributed by atoms with Crippen LogP contribution in [0.3, 0.4) is 0 Å². The summed E-state index contributed by atoms with van der Waals surface area (Å²) >= 11 is 0. The Kier molecular flexibility index (Phi) is 5.76. The quantitative estimate of drug-likeness (QED) is 0.787. The summed E-state index contributed by atoms with van der Waals surface area (Å²) in [6.45, 7) is 3.00. The predicted molar refractivity (Wildman–Crippen MR) is 63.1 cm³/mol. The minimum atomic E-state index is -4.03. The van der Waals surface area contributed by atoms with Crippen molar-refractivity contribution in [2.45, 2.75) is 18.7 Å². The Labute approximate surface area is 101 Å². The minimum absolute atomic E-state index is 0.0278. The van der Waals surface area contributed by atoms with E-state index in [1.807, 2.05) is 0 Å². The molecule has 0 spiro atoms. The molecule has 0 bridgehead atoms. The lowest BCUT2D eigenvalue weighted by Gasteiger charge is -1.99. The molecule has 0 saturated carbocycles. The predicted octanol–water partition coefficient (Wildman–Crippen LogP) is 1.14. The van der Waals surface area contributed by atoms with Gasteiger partial charge in [-0.3, -0.25) is 9.11 Å². The molecule has 1 aromatic rings. The Balaban J connectivity index is 0.000000366. The van der Waals surface area contributed by atoms with Crippen LogP contribution in [0.5, 0.6) is 0 Å². The second-order valence-corrected chi connectivity index (χ2v) is 6.24. The van der Waals surface area contributed by atoms with E-state index in [1.165, 1.54) is 13.0 Å². The molecule has 0 unspecified atom stereocenters. The summed E-state index contributed by atoms with van der Waals surface area (Å²) in [5.41, 5.74) is 0.551. The van der Waals surface area contributed by atoms with Gasteiger partial charge in [0.1, 0.15) is 0 Å². The molecule has 0 heterocycles. The van der Waals surface area contributed by atoms with E-state index in [1.54, 1.807) is 25.1 Å². The molecule has 6 nitrogen and oxygen atoms in total. The second kappa shape index (κ2) is 6.10. The van der Waals surface area contributed by atoms with Crippen molar-refractivity contribution in [1.29, 1.82) is 0 Å². The fraction of sp³-hybridized carbons (Fsp3) is 0.333. The van der Waals surface area contributed by atoms with Crippen molar-refractivity contribution in [2.75, 3.05) is 5.75 Å². The zero-order valence-corrected chi connectivity index (χ0v) is 11.0. The largest absolute Gasteiger partial charge is 0.294 e. The zero-order valence-electron chi connectivity index (χ0n) is 9.36. The smallest absolute Gasteiger partial charge is 0.286 e. The molecule has 0 fully saturated rings. The van der Waals surface area contributed by atoms with Crippen molar-refractivity contribution in [3.8, 4) is 0 Å². The van der Waals surface area contributed by atoms with Crippen LogP contribution in [0.1, 0.15) is 12.5 Å². The van der Waals surface area contributed by atoms with E-state index in [-0.39, 0.29) is 10.6 Å². The molecule has 1 rings (SSSR count). The van der Waals surface area contributed by atoms with E-state index in [2.05, 4.69) is 0 Å². The molecule has 0 aromatic heterocycles. The average molecular weight is 282 g/mol. The van der Waals surface area contributed by atoms with Crippen LogP contribution in [0.15, 0.2) is 29.2 Å². The summed E-state index contributed by atoms with van der Waals surface area (Å²) in [7, 11) is -7.70. The van der Waals surface area contributed by atoms with Crippen LogP contribution in [-0.4, -0.2) is 31.7 Å². The van der Waals surface area contributed by atoms with E-state index in [4.69, 9.17) is 9.11 Å². The normalized spacial score (nSPS) is 11.5. The van der Waals surface area contributed by atoms with Gasteiger partial charge in [0.05, 0.1) is 10.6 Å². The van der Waals surface area contributed by atoms with Gasteiger partial charge in [0.15, 0.2) is 0 Å². The van der Waals surface area contributed by atoms with Gasteiger partial charge in [-0.2, -0.15) is 16.8 Å². The van der Waals surface area contributed by atoms with Gasteiger partial charge in [-0.15, -0.1) is 0 Å². The number of aryl methyl sites for hydroxylation is 1. The van der Waals surface area contributed by atoms with Gasteiger partial charge in [0.2, 0.25) is 0 Å². The van der Waals surface area contributed by atoms with E-state index in [9.17, 15) is 16.8 Å². The van der Waals surface area contributed by atoms with Crippen LogP contribution in [0.25, 0.3) is 0 Å². The lowest BCUT2D eigenvalue weighted by molar-refractivity contribution is 0.481. The standard InChI is InChI=1S/C7H8O3S.C2H6O3S/c1-6-4-2-3-5-7(6)11(8,9)10;1-2-6(3,4)5/h2-5H,1H3,(H,8,9,10);2H2,1H3,(H,3,4,5). The summed E-state index contributed by atoms with van der Waals surface area (Å²) in [4.78, 5) is -0.0278. The van der Waals surface area contributed by atoms with Gasteiger partial charge < -0.3 is 0 Å². The van der Waals surface area contributed by atoms with Gasteiger partial charge in [-0.05, 0) is 25.5 Å². The van der Waals surface area contributed by atoms with Gasteiger partial charge in [-0.1, -0.05) is 18.2 Å². The van der Waals surface area contributed by atoms with Crippen molar-refractivity contribution in [1.82, 2.24) is 0 Å². The first kappa shape index (κ1) is 16.0. The van der Waals surface area contributed by atoms with Crippen LogP contribution in [0, 0.1) is 6.92 Å². The summed E-state index contributed by atoms with van der Waals surface area (Å²) < 4.78 is 56.8. The van der Waals surface area contributed by atoms with Crippen molar-refractivity contribution in [3.05, 3.63) is 29.8 Å². The highest BCUT2D eigenvalue weighted by Gasteiger charge is 2.10. The molecule has 8 heteroatoms. The Morgan fingerprint density at radius 1 is 1.06 bits per heavy atom. The van der Waals surface area contributed by atoms with Crippen LogP contribution < -0.4 is 0 Å². The van der Waals surface area contributed by atoms with Crippen LogP contribution >= 0.6 is 0 Å². The van der Waals surface area contributed by atoms with Crippen molar-refractivity contribution >= 4 is 20.2 Å². The third-order valence-electron chi connectivity index (χ3n) is 1.74. The number of benzene rings is 1. The summed E-state index contributed by atoms with van der Waals surface area (Å²) in [6.07, 6.45) is 0. The van der Waals surface area contributed by atoms with Gasteiger partial charge in [0, 0.05) is 0 Å². The molecular formula is C9H14O6S2. The van der Waals surface area contributed by atoms with Gasteiger partial charge >= 0.3 is 0 Å². The van der Waals surface area contributed by atoms with Gasteiger partial charge in [-0.25, -0.2) is 0 Å². The molecule has 2 N–H and O–H groups in total. The Morgan fingerprint density at radius 2 is 1.47 bits per heavy atom. The monoisotopic (exact) mass is 282 g/mol. The first-order valence-electron chi connectivity index (χ1n) is 4.56. The van der Waals surface area contributed by atoms with Crippen LogP contribution in [-0.2, 0) is 20.2 Å². The molecule has 98 valence electrons. The van der Waals surface area contributed by atoms with E-state index in [0.717, 1.165) is 0 Å². The molecule has 0 saturated heterocycles. The van der Waals surface area contributed by atoms with Crippen molar-refractivity contribution < 1.29 is 25.9 Å². The fourth-order valence-corrected chi connectivity index (χ4v) is 1.57. The lowest BCUT2D eigenvalue weighted by Crippen LogP contribution is -1.99. The van der Waals surface area contributed by atoms with Crippen LogP contribution in [0.2, 0.25) is 0 Å². The summed E-state index contributed by atoms with van der Waals surface area (Å²) in [6, 6.07) is 6.27. The second-order valence-electron chi connectivity index (χ2n) is 3.11. The highest BCUT2D eigenvalue weighted by Crippen LogP contribution is 2.12. The van der Waals surface area contributed by atoms with E-state index < -0.39 is 20.2 Å². The first-order valence-corrected chi connectivity index (χ1v) is 7.61. The highest BCUT2D eigenvalue weighted by molar-refractivity contribution is 7.86. The lowest BCUT2D eigenvalue weighted by atomic mass is 10.2. The van der Waals surface area contributed by atoms with Crippen molar-refractivity contribution in [3.63, 3.8) is 0 Å². The maximum atomic E-state index is 10.6. The molecule has 17 heavy (non-hydrogen) atoms. The van der Waals surface area contributed by atoms with Crippen LogP contribution in [0.4, 0.5) is 0 Å². The number of hydrogen-bond acceptors (Lipinski definition) is 4. The highest BCUT2D eigenvalue weighted by atomic mass is 32.2. The summed E-state index contributed by atoms with van der Waals surface area (Å²) in [5, 5.41) is 0. The third kappa shape index (κ3) is 7.05. The molecule has 0 atom stereocenters. The topological polar surface area (TPSA) is 109 Å². The average Bonchev–Trinajstić information content (AvgIpc) is 2.16. The third-order valence-corrected chi connectivity index (χ3v) is 3.48. The molecule has 0 aliphatic heterocycles. The van der Waals surface area contributed by atoms with Gasteiger partial charge in [0.25, 0.3) is 20.2 Å². The number of hydrogen-bond donors (Lipinski definition) is 2. The molecule has 0 radical (unpaired) electrons. The number of rotatable bonds is 2.